The van der Waals surface area contributed by atoms with Gasteiger partial charge in [0.1, 0.15) is 10.9 Å². The van der Waals surface area contributed by atoms with E-state index >= 15 is 0 Å². The first-order valence-electron chi connectivity index (χ1n) is 9.00. The molecule has 0 atom stereocenters. The Morgan fingerprint density at radius 3 is 2.50 bits per heavy atom. The SMILES string of the molecule is CN(C)CC1CCC(COc2cc(Cl)ncc2C(=O)C2CC2)CC1. The van der Waals surface area contributed by atoms with E-state index in [1.165, 1.54) is 32.2 Å². The number of carbonyl (C=O) groups is 1. The summed E-state index contributed by atoms with van der Waals surface area (Å²) in [5.74, 6) is 2.31. The third-order valence-electron chi connectivity index (χ3n) is 5.11. The number of halogens is 1. The van der Waals surface area contributed by atoms with Gasteiger partial charge in [0.15, 0.2) is 5.78 Å². The number of pyridine rings is 1. The number of aromatic nitrogens is 1. The Morgan fingerprint density at radius 1 is 1.21 bits per heavy atom. The zero-order chi connectivity index (χ0) is 17.1. The summed E-state index contributed by atoms with van der Waals surface area (Å²) < 4.78 is 6.02. The van der Waals surface area contributed by atoms with Crippen molar-refractivity contribution in [3.05, 3.63) is 23.0 Å². The molecule has 132 valence electrons. The highest BCUT2D eigenvalue weighted by Gasteiger charge is 2.32. The van der Waals surface area contributed by atoms with Gasteiger partial charge in [-0.1, -0.05) is 11.6 Å². The van der Waals surface area contributed by atoms with Gasteiger partial charge in [-0.2, -0.15) is 0 Å². The summed E-state index contributed by atoms with van der Waals surface area (Å²) in [6.45, 7) is 1.84. The fraction of sp³-hybridized carbons (Fsp3) is 0.684. The van der Waals surface area contributed by atoms with Crippen LogP contribution in [-0.4, -0.2) is 42.9 Å². The Morgan fingerprint density at radius 2 is 1.88 bits per heavy atom. The summed E-state index contributed by atoms with van der Waals surface area (Å²) in [6, 6.07) is 1.69. The molecule has 1 heterocycles. The summed E-state index contributed by atoms with van der Waals surface area (Å²) in [4.78, 5) is 18.7. The monoisotopic (exact) mass is 350 g/mol. The summed E-state index contributed by atoms with van der Waals surface area (Å²) in [6.07, 6.45) is 8.46. The molecule has 2 aliphatic rings. The molecule has 1 aromatic heterocycles. The van der Waals surface area contributed by atoms with Crippen molar-refractivity contribution in [3.8, 4) is 5.75 Å². The van der Waals surface area contributed by atoms with Gasteiger partial charge < -0.3 is 9.64 Å². The second kappa shape index (κ2) is 7.83. The molecule has 1 aromatic rings. The minimum atomic E-state index is 0.156. The molecular weight excluding hydrogens is 324 g/mol. The summed E-state index contributed by atoms with van der Waals surface area (Å²) >= 11 is 6.00. The van der Waals surface area contributed by atoms with E-state index in [1.807, 2.05) is 0 Å². The van der Waals surface area contributed by atoms with E-state index in [1.54, 1.807) is 12.3 Å². The van der Waals surface area contributed by atoms with Crippen molar-refractivity contribution >= 4 is 17.4 Å². The lowest BCUT2D eigenvalue weighted by molar-refractivity contribution is 0.0960. The van der Waals surface area contributed by atoms with Crippen LogP contribution in [0, 0.1) is 17.8 Å². The molecule has 3 rings (SSSR count). The topological polar surface area (TPSA) is 42.4 Å². The Bertz CT molecular complexity index is 579. The molecule has 0 bridgehead atoms. The molecule has 0 unspecified atom stereocenters. The second-order valence-electron chi connectivity index (χ2n) is 7.60. The first-order valence-corrected chi connectivity index (χ1v) is 9.38. The van der Waals surface area contributed by atoms with Gasteiger partial charge in [0.2, 0.25) is 0 Å². The molecule has 0 radical (unpaired) electrons. The minimum absolute atomic E-state index is 0.156. The van der Waals surface area contributed by atoms with Crippen LogP contribution in [0.15, 0.2) is 12.3 Å². The molecule has 2 fully saturated rings. The van der Waals surface area contributed by atoms with Crippen LogP contribution >= 0.6 is 11.6 Å². The van der Waals surface area contributed by atoms with Crippen LogP contribution in [0.3, 0.4) is 0 Å². The second-order valence-corrected chi connectivity index (χ2v) is 7.99. The molecule has 0 amide bonds. The molecular formula is C19H27ClN2O2. The van der Waals surface area contributed by atoms with Gasteiger partial charge in [-0.25, -0.2) is 4.98 Å². The fourth-order valence-electron chi connectivity index (χ4n) is 3.59. The Hall–Kier alpha value is -1.13. The van der Waals surface area contributed by atoms with Crippen LogP contribution in [-0.2, 0) is 0 Å². The van der Waals surface area contributed by atoms with E-state index in [-0.39, 0.29) is 11.7 Å². The lowest BCUT2D eigenvalue weighted by Gasteiger charge is -2.30. The van der Waals surface area contributed by atoms with Crippen molar-refractivity contribution in [2.24, 2.45) is 17.8 Å². The Labute approximate surface area is 149 Å². The molecule has 4 nitrogen and oxygen atoms in total. The maximum absolute atomic E-state index is 12.4. The number of carbonyl (C=O) groups excluding carboxylic acids is 1. The quantitative estimate of drug-likeness (QED) is 0.549. The van der Waals surface area contributed by atoms with E-state index in [2.05, 4.69) is 24.0 Å². The van der Waals surface area contributed by atoms with Crippen molar-refractivity contribution in [1.82, 2.24) is 9.88 Å². The number of nitrogens with zero attached hydrogens (tertiary/aromatic N) is 2. The van der Waals surface area contributed by atoms with Gasteiger partial charge in [-0.3, -0.25) is 4.79 Å². The Balaban J connectivity index is 1.55. The third-order valence-corrected chi connectivity index (χ3v) is 5.32. The van der Waals surface area contributed by atoms with Crippen LogP contribution in [0.5, 0.6) is 5.75 Å². The molecule has 0 N–H and O–H groups in total. The molecule has 2 aliphatic carbocycles. The van der Waals surface area contributed by atoms with Crippen molar-refractivity contribution in [1.29, 1.82) is 0 Å². The Kier molecular flexibility index (Phi) is 5.77. The first-order chi connectivity index (χ1) is 11.5. The highest BCUT2D eigenvalue weighted by molar-refractivity contribution is 6.29. The van der Waals surface area contributed by atoms with Gasteiger partial charge in [0.05, 0.1) is 12.2 Å². The average Bonchev–Trinajstić information content (AvgIpc) is 3.38. The van der Waals surface area contributed by atoms with Crippen LogP contribution in [0.1, 0.15) is 48.9 Å². The van der Waals surface area contributed by atoms with E-state index in [9.17, 15) is 4.79 Å². The van der Waals surface area contributed by atoms with Gasteiger partial charge in [-0.05, 0) is 64.5 Å². The first kappa shape index (κ1) is 17.7. The van der Waals surface area contributed by atoms with E-state index in [0.717, 1.165) is 18.8 Å². The molecule has 0 spiro atoms. The number of ketones is 1. The zero-order valence-corrected chi connectivity index (χ0v) is 15.4. The lowest BCUT2D eigenvalue weighted by atomic mass is 9.82. The maximum atomic E-state index is 12.4. The lowest BCUT2D eigenvalue weighted by Crippen LogP contribution is -2.27. The van der Waals surface area contributed by atoms with Crippen LogP contribution < -0.4 is 4.74 Å². The van der Waals surface area contributed by atoms with Crippen molar-refractivity contribution in [2.75, 3.05) is 27.2 Å². The number of Topliss-reactive ketones (excluding diaryl/α,β-unsaturated/α-hetero) is 1. The summed E-state index contributed by atoms with van der Waals surface area (Å²) in [5.41, 5.74) is 0.600. The van der Waals surface area contributed by atoms with Crippen LogP contribution in [0.25, 0.3) is 0 Å². The molecule has 24 heavy (non-hydrogen) atoms. The number of rotatable bonds is 7. The predicted octanol–water partition coefficient (Wildman–Crippen LogP) is 4.07. The van der Waals surface area contributed by atoms with Crippen molar-refractivity contribution < 1.29 is 9.53 Å². The zero-order valence-electron chi connectivity index (χ0n) is 14.6. The molecule has 0 saturated heterocycles. The molecule has 2 saturated carbocycles. The minimum Gasteiger partial charge on any atom is -0.492 e. The van der Waals surface area contributed by atoms with E-state index in [4.69, 9.17) is 16.3 Å². The highest BCUT2D eigenvalue weighted by atomic mass is 35.5. The van der Waals surface area contributed by atoms with Crippen LogP contribution in [0.2, 0.25) is 5.15 Å². The maximum Gasteiger partial charge on any atom is 0.171 e. The number of hydrogen-bond donors (Lipinski definition) is 0. The fourth-order valence-corrected chi connectivity index (χ4v) is 3.74. The number of hydrogen-bond acceptors (Lipinski definition) is 4. The van der Waals surface area contributed by atoms with Crippen molar-refractivity contribution in [2.45, 2.75) is 38.5 Å². The van der Waals surface area contributed by atoms with Crippen molar-refractivity contribution in [3.63, 3.8) is 0 Å². The smallest absolute Gasteiger partial charge is 0.171 e. The largest absolute Gasteiger partial charge is 0.492 e. The van der Waals surface area contributed by atoms with E-state index in [0.29, 0.717) is 29.0 Å². The standard InChI is InChI=1S/C19H27ClN2O2/c1-22(2)11-13-3-5-14(6-4-13)12-24-17-9-18(20)21-10-16(17)19(23)15-7-8-15/h9-10,13-15H,3-8,11-12H2,1-2H3. The normalized spacial score (nSPS) is 24.2. The highest BCUT2D eigenvalue weighted by Crippen LogP contribution is 2.36. The summed E-state index contributed by atoms with van der Waals surface area (Å²) in [5, 5.41) is 0.382. The van der Waals surface area contributed by atoms with Gasteiger partial charge in [-0.15, -0.1) is 0 Å². The predicted molar refractivity (Wildman–Crippen MR) is 95.8 cm³/mol. The van der Waals surface area contributed by atoms with Gasteiger partial charge >= 0.3 is 0 Å². The third kappa shape index (κ3) is 4.70. The molecule has 5 heteroatoms. The molecule has 0 aromatic carbocycles. The van der Waals surface area contributed by atoms with Gasteiger partial charge in [0.25, 0.3) is 0 Å². The van der Waals surface area contributed by atoms with Gasteiger partial charge in [0, 0.05) is 24.7 Å². The number of ether oxygens (including phenoxy) is 1. The average molecular weight is 351 g/mol. The molecule has 0 aliphatic heterocycles. The van der Waals surface area contributed by atoms with Crippen LogP contribution in [0.4, 0.5) is 0 Å². The van der Waals surface area contributed by atoms with E-state index < -0.39 is 0 Å². The summed E-state index contributed by atoms with van der Waals surface area (Å²) in [7, 11) is 4.28.